The molecule has 1 fully saturated rings. The number of aliphatic hydroxyl groups is 1. The molecule has 0 aromatic heterocycles. The van der Waals surface area contributed by atoms with Crippen molar-refractivity contribution in [3.8, 4) is 0 Å². The van der Waals surface area contributed by atoms with E-state index in [2.05, 4.69) is 0 Å². The van der Waals surface area contributed by atoms with Crippen LogP contribution >= 0.6 is 0 Å². The number of alkyl halides is 6. The van der Waals surface area contributed by atoms with Gasteiger partial charge in [-0.15, -0.1) is 0 Å². The number of hydrogen-bond donors (Lipinski definition) is 1. The maximum Gasteiger partial charge on any atom is 0.416 e. The molecule has 1 heterocycles. The summed E-state index contributed by atoms with van der Waals surface area (Å²) in [5, 5.41) is 9.85. The number of halogens is 7. The van der Waals surface area contributed by atoms with Crippen LogP contribution in [0.1, 0.15) is 35.1 Å². The third-order valence-electron chi connectivity index (χ3n) is 5.61. The summed E-state index contributed by atoms with van der Waals surface area (Å²) in [4.78, 5) is 0. The smallest absolute Gasteiger partial charge is 0.416 e. The summed E-state index contributed by atoms with van der Waals surface area (Å²) in [6.07, 6.45) is -8.32. The molecule has 30 heavy (non-hydrogen) atoms. The Kier molecular flexibility index (Phi) is 7.63. The molecule has 0 saturated carbocycles. The van der Waals surface area contributed by atoms with Crippen LogP contribution in [-0.4, -0.2) is 28.8 Å². The van der Waals surface area contributed by atoms with E-state index >= 15 is 0 Å². The highest BCUT2D eigenvalue weighted by Gasteiger charge is 2.43. The van der Waals surface area contributed by atoms with E-state index in [4.69, 9.17) is 0 Å². The molecule has 1 unspecified atom stereocenters. The van der Waals surface area contributed by atoms with E-state index in [1.165, 1.54) is 0 Å². The van der Waals surface area contributed by atoms with Gasteiger partial charge in [0.25, 0.3) is 0 Å². The highest BCUT2D eigenvalue weighted by Crippen LogP contribution is 2.39. The van der Waals surface area contributed by atoms with E-state index in [-0.39, 0.29) is 52.3 Å². The molecule has 2 aromatic rings. The summed E-state index contributed by atoms with van der Waals surface area (Å²) in [5.41, 5.74) is -1.71. The fourth-order valence-corrected chi connectivity index (χ4v) is 4.26. The van der Waals surface area contributed by atoms with Crippen LogP contribution in [0.2, 0.25) is 0 Å². The highest BCUT2D eigenvalue weighted by molar-refractivity contribution is 5.33. The number of nitrogens with zero attached hydrogens (tertiary/aromatic N) is 1. The molecule has 2 nitrogen and oxygen atoms in total. The second kappa shape index (κ2) is 9.28. The summed E-state index contributed by atoms with van der Waals surface area (Å²) in [7, 11) is 0. The van der Waals surface area contributed by atoms with E-state index < -0.39 is 23.5 Å². The molecule has 2 atom stereocenters. The summed E-state index contributed by atoms with van der Waals surface area (Å²) >= 11 is 0. The SMILES string of the molecule is OC[C@@H]1CCC[N+]1(Cc1ccccc1)Cc1cc(C(F)(F)F)cc(C(F)(F)F)c1.[Br-]. The number of benzene rings is 2. The third kappa shape index (κ3) is 5.56. The van der Waals surface area contributed by atoms with Crippen LogP contribution in [0.25, 0.3) is 0 Å². The molecule has 1 aliphatic rings. The van der Waals surface area contributed by atoms with Crippen LogP contribution in [0, 0.1) is 0 Å². The number of quaternary nitrogens is 1. The first-order valence-corrected chi connectivity index (χ1v) is 9.32. The van der Waals surface area contributed by atoms with Crippen LogP contribution in [0.15, 0.2) is 48.5 Å². The zero-order chi connectivity index (χ0) is 21.3. The predicted molar refractivity (Wildman–Crippen MR) is 95.5 cm³/mol. The predicted octanol–water partition coefficient (Wildman–Crippen LogP) is 2.40. The largest absolute Gasteiger partial charge is 1.00 e. The first-order chi connectivity index (χ1) is 13.5. The van der Waals surface area contributed by atoms with Crippen LogP contribution < -0.4 is 17.0 Å². The number of aliphatic hydroxyl groups excluding tert-OH is 1. The summed E-state index contributed by atoms with van der Waals surface area (Å²) < 4.78 is 79.6. The molecule has 0 aliphatic carbocycles. The molecule has 2 aromatic carbocycles. The molecular formula is C21H22BrF6NO. The van der Waals surface area contributed by atoms with E-state index in [9.17, 15) is 31.4 Å². The zero-order valence-corrected chi connectivity index (χ0v) is 17.6. The fraction of sp³-hybridized carbons (Fsp3) is 0.429. The van der Waals surface area contributed by atoms with Gasteiger partial charge in [-0.05, 0) is 18.2 Å². The summed E-state index contributed by atoms with van der Waals surface area (Å²) in [5.74, 6) is 0. The molecule has 9 heteroatoms. The summed E-state index contributed by atoms with van der Waals surface area (Å²) in [6, 6.07) is 10.8. The van der Waals surface area contributed by atoms with E-state index in [0.29, 0.717) is 19.5 Å². The van der Waals surface area contributed by atoms with Gasteiger partial charge in [-0.3, -0.25) is 0 Å². The van der Waals surface area contributed by atoms with Crippen molar-refractivity contribution in [2.75, 3.05) is 13.2 Å². The third-order valence-corrected chi connectivity index (χ3v) is 5.61. The molecular weight excluding hydrogens is 476 g/mol. The van der Waals surface area contributed by atoms with Crippen LogP contribution in [0.5, 0.6) is 0 Å². The van der Waals surface area contributed by atoms with Gasteiger partial charge in [0.15, 0.2) is 0 Å². The molecule has 166 valence electrons. The zero-order valence-electron chi connectivity index (χ0n) is 16.0. The summed E-state index contributed by atoms with van der Waals surface area (Å²) in [6.45, 7) is 0.840. The molecule has 1 saturated heterocycles. The normalized spacial score (nSPS) is 22.0. The van der Waals surface area contributed by atoms with Crippen molar-refractivity contribution in [1.82, 2.24) is 0 Å². The Balaban J connectivity index is 0.00000320. The second-order valence-electron chi connectivity index (χ2n) is 7.64. The fourth-order valence-electron chi connectivity index (χ4n) is 4.26. The maximum atomic E-state index is 13.2. The van der Waals surface area contributed by atoms with Gasteiger partial charge in [0, 0.05) is 24.0 Å². The Morgan fingerprint density at radius 2 is 1.37 bits per heavy atom. The standard InChI is InChI=1S/C21H22F6NO.BrH/c22-20(23,24)17-9-16(10-18(11-17)21(25,26)27)13-28(8-4-7-19(28)14-29)12-15-5-2-1-3-6-15;/h1-3,5-6,9-11,19,29H,4,7-8,12-14H2;1H/q+1;/p-1/t19-,28?;/m0./s1. The van der Waals surface area contributed by atoms with Gasteiger partial charge in [0.2, 0.25) is 0 Å². The lowest BCUT2D eigenvalue weighted by molar-refractivity contribution is -0.964. The lowest BCUT2D eigenvalue weighted by Gasteiger charge is -2.40. The molecule has 0 amide bonds. The van der Waals surface area contributed by atoms with Crippen molar-refractivity contribution < 1.29 is 52.9 Å². The van der Waals surface area contributed by atoms with Gasteiger partial charge in [-0.1, -0.05) is 30.3 Å². The Bertz CT molecular complexity index is 807. The van der Waals surface area contributed by atoms with Crippen LogP contribution in [0.3, 0.4) is 0 Å². The van der Waals surface area contributed by atoms with Gasteiger partial charge < -0.3 is 26.6 Å². The van der Waals surface area contributed by atoms with Gasteiger partial charge >= 0.3 is 12.4 Å². The first-order valence-electron chi connectivity index (χ1n) is 9.32. The minimum absolute atomic E-state index is 0. The molecule has 0 radical (unpaired) electrons. The van der Waals surface area contributed by atoms with Gasteiger partial charge in [-0.25, -0.2) is 0 Å². The van der Waals surface area contributed by atoms with E-state index in [0.717, 1.165) is 24.1 Å². The van der Waals surface area contributed by atoms with Crippen LogP contribution in [-0.2, 0) is 25.4 Å². The lowest BCUT2D eigenvalue weighted by atomic mass is 10.0. The Labute approximate surface area is 181 Å². The van der Waals surface area contributed by atoms with Crippen molar-refractivity contribution in [2.24, 2.45) is 0 Å². The average Bonchev–Trinajstić information content (AvgIpc) is 3.02. The van der Waals surface area contributed by atoms with Gasteiger partial charge in [0.1, 0.15) is 19.1 Å². The van der Waals surface area contributed by atoms with Crippen LogP contribution in [0.4, 0.5) is 26.3 Å². The quantitative estimate of drug-likeness (QED) is 0.496. The monoisotopic (exact) mass is 497 g/mol. The number of hydrogen-bond acceptors (Lipinski definition) is 1. The van der Waals surface area contributed by atoms with E-state index in [1.807, 2.05) is 30.3 Å². The number of rotatable bonds is 5. The highest BCUT2D eigenvalue weighted by atomic mass is 79.9. The number of likely N-dealkylation sites (tertiary alicyclic amines) is 1. The Morgan fingerprint density at radius 3 is 1.87 bits per heavy atom. The topological polar surface area (TPSA) is 20.2 Å². The molecule has 1 aliphatic heterocycles. The van der Waals surface area contributed by atoms with Crippen molar-refractivity contribution >= 4 is 0 Å². The van der Waals surface area contributed by atoms with Crippen molar-refractivity contribution in [3.63, 3.8) is 0 Å². The second-order valence-corrected chi connectivity index (χ2v) is 7.64. The Hall–Kier alpha value is -1.58. The van der Waals surface area contributed by atoms with Gasteiger partial charge in [0.05, 0.1) is 24.3 Å². The molecule has 1 N–H and O–H groups in total. The first kappa shape index (κ1) is 24.7. The van der Waals surface area contributed by atoms with Crippen molar-refractivity contribution in [1.29, 1.82) is 0 Å². The molecule has 3 rings (SSSR count). The molecule has 0 bridgehead atoms. The van der Waals surface area contributed by atoms with Crippen molar-refractivity contribution in [3.05, 3.63) is 70.8 Å². The Morgan fingerprint density at radius 1 is 0.833 bits per heavy atom. The van der Waals surface area contributed by atoms with Crippen molar-refractivity contribution in [2.45, 2.75) is 44.3 Å². The average molecular weight is 498 g/mol. The van der Waals surface area contributed by atoms with E-state index in [1.54, 1.807) is 0 Å². The minimum Gasteiger partial charge on any atom is -1.00 e. The minimum atomic E-state index is -4.87. The lowest BCUT2D eigenvalue weighted by Crippen LogP contribution is -3.00. The maximum absolute atomic E-state index is 13.2. The van der Waals surface area contributed by atoms with Gasteiger partial charge in [-0.2, -0.15) is 26.3 Å². The molecule has 0 spiro atoms.